The van der Waals surface area contributed by atoms with Crippen molar-refractivity contribution in [3.63, 3.8) is 0 Å². The summed E-state index contributed by atoms with van der Waals surface area (Å²) in [7, 11) is 0. The summed E-state index contributed by atoms with van der Waals surface area (Å²) in [6.45, 7) is 3.38. The van der Waals surface area contributed by atoms with Crippen LogP contribution in [0.1, 0.15) is 18.3 Å². The third-order valence-corrected chi connectivity index (χ3v) is 3.95. The second-order valence-corrected chi connectivity index (χ2v) is 5.84. The molecule has 0 aliphatic heterocycles. The lowest BCUT2D eigenvalue weighted by molar-refractivity contribution is -0.114. The fraction of sp³-hybridized carbons (Fsp3) is 0.200. The molecule has 0 aliphatic carbocycles. The van der Waals surface area contributed by atoms with Crippen LogP contribution in [0, 0.1) is 6.92 Å². The van der Waals surface area contributed by atoms with Crippen LogP contribution < -0.4 is 5.32 Å². The van der Waals surface area contributed by atoms with E-state index in [-0.39, 0.29) is 5.91 Å². The quantitative estimate of drug-likeness (QED) is 0.857. The normalized spacial score (nSPS) is 10.3. The number of thioether (sulfide) groups is 1. The number of nitrogens with one attached hydrogen (secondary N) is 1. The number of amides is 1. The SMILES string of the molecule is CC(=O)Nc1ccc(CSc2ccc(Cl)cc2)nc1C. The van der Waals surface area contributed by atoms with Gasteiger partial charge < -0.3 is 5.32 Å². The van der Waals surface area contributed by atoms with Gasteiger partial charge in [-0.3, -0.25) is 9.78 Å². The van der Waals surface area contributed by atoms with Crippen molar-refractivity contribution < 1.29 is 4.79 Å². The monoisotopic (exact) mass is 306 g/mol. The van der Waals surface area contributed by atoms with Gasteiger partial charge in [0.1, 0.15) is 0 Å². The van der Waals surface area contributed by atoms with Crippen LogP contribution in [0.2, 0.25) is 5.02 Å². The number of aromatic nitrogens is 1. The maximum absolute atomic E-state index is 11.0. The molecule has 0 saturated carbocycles. The maximum Gasteiger partial charge on any atom is 0.221 e. The summed E-state index contributed by atoms with van der Waals surface area (Å²) in [5.74, 6) is 0.696. The van der Waals surface area contributed by atoms with Gasteiger partial charge in [-0.2, -0.15) is 0 Å². The van der Waals surface area contributed by atoms with Crippen molar-refractivity contribution >= 4 is 35.0 Å². The number of carbonyl (C=O) groups excluding carboxylic acids is 1. The lowest BCUT2D eigenvalue weighted by Gasteiger charge is -2.08. The number of carbonyl (C=O) groups is 1. The lowest BCUT2D eigenvalue weighted by atomic mass is 10.3. The Balaban J connectivity index is 2.01. The number of halogens is 1. The molecule has 2 rings (SSSR count). The molecular weight excluding hydrogens is 292 g/mol. The van der Waals surface area contributed by atoms with Crippen molar-refractivity contribution in [2.45, 2.75) is 24.5 Å². The summed E-state index contributed by atoms with van der Waals surface area (Å²) in [4.78, 5) is 16.7. The third kappa shape index (κ3) is 4.25. The number of aryl methyl sites for hydroxylation is 1. The summed E-state index contributed by atoms with van der Waals surface area (Å²) in [5.41, 5.74) is 2.57. The molecule has 1 N–H and O–H groups in total. The first-order valence-electron chi connectivity index (χ1n) is 6.17. The number of pyridine rings is 1. The average molecular weight is 307 g/mol. The topological polar surface area (TPSA) is 42.0 Å². The maximum atomic E-state index is 11.0. The summed E-state index contributed by atoms with van der Waals surface area (Å²) < 4.78 is 0. The minimum Gasteiger partial charge on any atom is -0.325 e. The number of anilines is 1. The summed E-state index contributed by atoms with van der Waals surface area (Å²) in [6, 6.07) is 11.6. The molecule has 0 aliphatic rings. The van der Waals surface area contributed by atoms with E-state index in [1.54, 1.807) is 11.8 Å². The molecule has 104 valence electrons. The number of hydrogen-bond acceptors (Lipinski definition) is 3. The second-order valence-electron chi connectivity index (χ2n) is 4.36. The van der Waals surface area contributed by atoms with E-state index in [1.807, 2.05) is 43.3 Å². The molecule has 3 nitrogen and oxygen atoms in total. The fourth-order valence-electron chi connectivity index (χ4n) is 1.70. The first-order chi connectivity index (χ1) is 9.54. The number of benzene rings is 1. The van der Waals surface area contributed by atoms with Crippen molar-refractivity contribution in [3.8, 4) is 0 Å². The Bertz CT molecular complexity index is 614. The van der Waals surface area contributed by atoms with Crippen LogP contribution in [0.15, 0.2) is 41.3 Å². The zero-order valence-electron chi connectivity index (χ0n) is 11.3. The van der Waals surface area contributed by atoms with Gasteiger partial charge in [0.15, 0.2) is 0 Å². The standard InChI is InChI=1S/C15H15ClN2OS/c1-10-15(18-11(2)19)8-5-13(17-10)9-20-14-6-3-12(16)4-7-14/h3-8H,9H2,1-2H3,(H,18,19). The van der Waals surface area contributed by atoms with Gasteiger partial charge in [-0.15, -0.1) is 11.8 Å². The van der Waals surface area contributed by atoms with E-state index in [1.165, 1.54) is 6.92 Å². The van der Waals surface area contributed by atoms with Crippen molar-refractivity contribution in [1.29, 1.82) is 0 Å². The minimum atomic E-state index is -0.0850. The molecule has 0 spiro atoms. The molecule has 1 aromatic heterocycles. The highest BCUT2D eigenvalue weighted by Crippen LogP contribution is 2.24. The average Bonchev–Trinajstić information content (AvgIpc) is 2.40. The smallest absolute Gasteiger partial charge is 0.221 e. The van der Waals surface area contributed by atoms with Gasteiger partial charge in [0.2, 0.25) is 5.91 Å². The summed E-state index contributed by atoms with van der Waals surface area (Å²) in [6.07, 6.45) is 0. The van der Waals surface area contributed by atoms with Crippen LogP contribution in [0.5, 0.6) is 0 Å². The van der Waals surface area contributed by atoms with Crippen LogP contribution in [-0.4, -0.2) is 10.9 Å². The van der Waals surface area contributed by atoms with E-state index in [0.717, 1.165) is 32.7 Å². The molecule has 0 saturated heterocycles. The summed E-state index contributed by atoms with van der Waals surface area (Å²) >= 11 is 7.55. The molecule has 0 bridgehead atoms. The van der Waals surface area contributed by atoms with Gasteiger partial charge in [0.25, 0.3) is 0 Å². The molecule has 1 amide bonds. The van der Waals surface area contributed by atoms with Crippen LogP contribution in [0.3, 0.4) is 0 Å². The largest absolute Gasteiger partial charge is 0.325 e. The van der Waals surface area contributed by atoms with E-state index < -0.39 is 0 Å². The zero-order valence-corrected chi connectivity index (χ0v) is 12.9. The predicted molar refractivity (Wildman–Crippen MR) is 84.3 cm³/mol. The van der Waals surface area contributed by atoms with Gasteiger partial charge in [-0.05, 0) is 43.3 Å². The second kappa shape index (κ2) is 6.77. The number of hydrogen-bond donors (Lipinski definition) is 1. The Morgan fingerprint density at radius 2 is 1.95 bits per heavy atom. The molecular formula is C15H15ClN2OS. The van der Waals surface area contributed by atoms with Crippen molar-refractivity contribution in [2.24, 2.45) is 0 Å². The number of nitrogens with zero attached hydrogens (tertiary/aromatic N) is 1. The van der Waals surface area contributed by atoms with Crippen LogP contribution in [0.25, 0.3) is 0 Å². The molecule has 0 unspecified atom stereocenters. The minimum absolute atomic E-state index is 0.0850. The molecule has 0 fully saturated rings. The van der Waals surface area contributed by atoms with Crippen molar-refractivity contribution in [1.82, 2.24) is 4.98 Å². The van der Waals surface area contributed by atoms with Gasteiger partial charge in [0, 0.05) is 22.6 Å². The Labute approximate surface area is 127 Å². The molecule has 2 aromatic rings. The molecule has 0 radical (unpaired) electrons. The molecule has 0 atom stereocenters. The first kappa shape index (κ1) is 14.9. The van der Waals surface area contributed by atoms with Crippen LogP contribution >= 0.6 is 23.4 Å². The van der Waals surface area contributed by atoms with Crippen molar-refractivity contribution in [2.75, 3.05) is 5.32 Å². The summed E-state index contributed by atoms with van der Waals surface area (Å²) in [5, 5.41) is 3.50. The zero-order chi connectivity index (χ0) is 14.5. The first-order valence-corrected chi connectivity index (χ1v) is 7.53. The Morgan fingerprint density at radius 1 is 1.25 bits per heavy atom. The van der Waals surface area contributed by atoms with E-state index in [4.69, 9.17) is 11.6 Å². The highest BCUT2D eigenvalue weighted by molar-refractivity contribution is 7.98. The highest BCUT2D eigenvalue weighted by atomic mass is 35.5. The van der Waals surface area contributed by atoms with Gasteiger partial charge in [0.05, 0.1) is 17.1 Å². The lowest BCUT2D eigenvalue weighted by Crippen LogP contribution is -2.08. The molecule has 1 heterocycles. The third-order valence-electron chi connectivity index (χ3n) is 2.65. The van der Waals surface area contributed by atoms with E-state index in [9.17, 15) is 4.79 Å². The Morgan fingerprint density at radius 3 is 2.55 bits per heavy atom. The molecule has 20 heavy (non-hydrogen) atoms. The van der Waals surface area contributed by atoms with E-state index >= 15 is 0 Å². The van der Waals surface area contributed by atoms with Crippen LogP contribution in [-0.2, 0) is 10.5 Å². The van der Waals surface area contributed by atoms with Crippen LogP contribution in [0.4, 0.5) is 5.69 Å². The van der Waals surface area contributed by atoms with E-state index in [2.05, 4.69) is 10.3 Å². The van der Waals surface area contributed by atoms with Gasteiger partial charge in [-0.25, -0.2) is 0 Å². The Kier molecular flexibility index (Phi) is 5.04. The number of rotatable bonds is 4. The predicted octanol–water partition coefficient (Wildman–Crippen LogP) is 4.29. The molecule has 5 heteroatoms. The van der Waals surface area contributed by atoms with Gasteiger partial charge >= 0.3 is 0 Å². The van der Waals surface area contributed by atoms with E-state index in [0.29, 0.717) is 0 Å². The highest BCUT2D eigenvalue weighted by Gasteiger charge is 2.04. The van der Waals surface area contributed by atoms with Gasteiger partial charge in [-0.1, -0.05) is 11.6 Å². The van der Waals surface area contributed by atoms with Crippen molar-refractivity contribution in [3.05, 3.63) is 52.8 Å². The Hall–Kier alpha value is -1.52. The molecule has 1 aromatic carbocycles. The fourth-order valence-corrected chi connectivity index (χ4v) is 2.63.